The molecule has 55 heavy (non-hydrogen) atoms. The van der Waals surface area contributed by atoms with Gasteiger partial charge in [0.25, 0.3) is 0 Å². The first-order chi connectivity index (χ1) is 25.5. The van der Waals surface area contributed by atoms with E-state index >= 15 is 0 Å². The van der Waals surface area contributed by atoms with Gasteiger partial charge in [-0.1, -0.05) is 60.1 Å². The first-order valence-electron chi connectivity index (χ1n) is 20.3. The first kappa shape index (κ1) is 41.4. The Hall–Kier alpha value is -1.72. The first-order valence-corrected chi connectivity index (χ1v) is 20.3. The van der Waals surface area contributed by atoms with Crippen LogP contribution in [-0.2, 0) is 28.5 Å². The van der Waals surface area contributed by atoms with Crippen molar-refractivity contribution in [3.63, 3.8) is 0 Å². The molecule has 0 aromatic heterocycles. The highest BCUT2D eigenvalue weighted by Gasteiger charge is 2.72. The summed E-state index contributed by atoms with van der Waals surface area (Å²) in [6.45, 7) is 15.4. The number of allylic oxidation sites excluding steroid dienone is 2. The van der Waals surface area contributed by atoms with Crippen LogP contribution in [0.3, 0.4) is 0 Å². The average Bonchev–Trinajstić information content (AvgIpc) is 3.09. The van der Waals surface area contributed by atoms with Gasteiger partial charge in [0.1, 0.15) is 42.0 Å². The van der Waals surface area contributed by atoms with Gasteiger partial charge in [-0.15, -0.1) is 0 Å². The number of hydrogen-bond acceptors (Lipinski definition) is 13. The van der Waals surface area contributed by atoms with E-state index in [1.54, 1.807) is 0 Å². The molecule has 0 bridgehead atoms. The molecule has 14 heteroatoms. The van der Waals surface area contributed by atoms with E-state index in [9.17, 15) is 50.4 Å². The lowest BCUT2D eigenvalue weighted by Crippen LogP contribution is -2.68. The fourth-order valence-corrected chi connectivity index (χ4v) is 13.4. The molecule has 7 aliphatic rings. The fraction of sp³-hybridized carbons (Fsp3) is 0.902. The van der Waals surface area contributed by atoms with Crippen molar-refractivity contribution in [1.82, 2.24) is 0 Å². The smallest absolute Gasteiger partial charge is 0.335 e. The molecule has 7 rings (SSSR count). The van der Waals surface area contributed by atoms with E-state index in [1.165, 1.54) is 5.57 Å². The number of carboxylic acid groups (broad SMARTS) is 1. The normalized spacial score (nSPS) is 53.0. The highest BCUT2D eigenvalue weighted by atomic mass is 16.7. The van der Waals surface area contributed by atoms with E-state index in [-0.39, 0.29) is 40.6 Å². The molecule has 312 valence electrons. The van der Waals surface area contributed by atoms with E-state index in [1.807, 2.05) is 0 Å². The molecular formula is C41H64O14. The summed E-state index contributed by atoms with van der Waals surface area (Å²) in [6, 6.07) is 0. The topological polar surface area (TPSA) is 233 Å². The molecule has 5 aliphatic carbocycles. The number of aliphatic hydroxyl groups is 7. The molecule has 8 N–H and O–H groups in total. The summed E-state index contributed by atoms with van der Waals surface area (Å²) in [4.78, 5) is 26.3. The Balaban J connectivity index is 1.18. The van der Waals surface area contributed by atoms with Gasteiger partial charge in [-0.05, 0) is 103 Å². The lowest BCUT2D eigenvalue weighted by atomic mass is 9.33. The molecule has 4 saturated carbocycles. The number of rotatable bonds is 5. The minimum Gasteiger partial charge on any atom is -0.479 e. The third kappa shape index (κ3) is 6.01. The molecule has 0 spiro atoms. The van der Waals surface area contributed by atoms with Crippen LogP contribution in [0.2, 0.25) is 0 Å². The number of hydrogen-bond donors (Lipinski definition) is 8. The largest absolute Gasteiger partial charge is 0.479 e. The molecule has 2 heterocycles. The number of esters is 1. The van der Waals surface area contributed by atoms with Crippen LogP contribution in [0, 0.1) is 50.2 Å². The third-order valence-electron chi connectivity index (χ3n) is 16.8. The molecule has 14 nitrogen and oxygen atoms in total. The van der Waals surface area contributed by atoms with Crippen LogP contribution in [0.25, 0.3) is 0 Å². The quantitative estimate of drug-likeness (QED) is 0.113. The number of ether oxygens (including phenoxy) is 4. The van der Waals surface area contributed by atoms with Gasteiger partial charge in [0, 0.05) is 0 Å². The lowest BCUT2D eigenvalue weighted by Gasteiger charge is -2.71. The van der Waals surface area contributed by atoms with Crippen molar-refractivity contribution in [2.75, 3.05) is 6.61 Å². The monoisotopic (exact) mass is 780 g/mol. The van der Waals surface area contributed by atoms with Crippen molar-refractivity contribution >= 4 is 11.9 Å². The minimum absolute atomic E-state index is 0.119. The van der Waals surface area contributed by atoms with Crippen molar-refractivity contribution in [1.29, 1.82) is 0 Å². The molecule has 0 unspecified atom stereocenters. The second-order valence-electron chi connectivity index (χ2n) is 20.4. The summed E-state index contributed by atoms with van der Waals surface area (Å²) < 4.78 is 23.2. The number of aliphatic carboxylic acids is 1. The molecule has 6 fully saturated rings. The van der Waals surface area contributed by atoms with Crippen LogP contribution in [0.1, 0.15) is 106 Å². The van der Waals surface area contributed by atoms with Crippen LogP contribution in [0.5, 0.6) is 0 Å². The van der Waals surface area contributed by atoms with Crippen molar-refractivity contribution in [2.45, 2.75) is 174 Å². The Kier molecular flexibility index (Phi) is 10.3. The van der Waals surface area contributed by atoms with Crippen LogP contribution in [-0.4, -0.2) is 127 Å². The van der Waals surface area contributed by atoms with E-state index in [0.29, 0.717) is 32.1 Å². The van der Waals surface area contributed by atoms with Crippen molar-refractivity contribution in [3.8, 4) is 0 Å². The summed E-state index contributed by atoms with van der Waals surface area (Å²) in [5.41, 5.74) is -1.56. The van der Waals surface area contributed by atoms with Crippen LogP contribution >= 0.6 is 0 Å². The predicted octanol–water partition coefficient (Wildman–Crippen LogP) is 2.02. The van der Waals surface area contributed by atoms with Crippen molar-refractivity contribution < 1.29 is 69.4 Å². The fourth-order valence-electron chi connectivity index (χ4n) is 13.4. The van der Waals surface area contributed by atoms with E-state index in [0.717, 1.165) is 25.7 Å². The van der Waals surface area contributed by atoms with Gasteiger partial charge < -0.3 is 59.8 Å². The molecule has 2 saturated heterocycles. The summed E-state index contributed by atoms with van der Waals surface area (Å²) in [7, 11) is 0. The Morgan fingerprint density at radius 3 is 2.11 bits per heavy atom. The van der Waals surface area contributed by atoms with E-state index in [4.69, 9.17) is 18.9 Å². The summed E-state index contributed by atoms with van der Waals surface area (Å²) in [5, 5.41) is 84.4. The van der Waals surface area contributed by atoms with Crippen molar-refractivity contribution in [2.24, 2.45) is 50.2 Å². The van der Waals surface area contributed by atoms with Gasteiger partial charge in [0.05, 0.1) is 18.8 Å². The van der Waals surface area contributed by atoms with E-state index in [2.05, 4.69) is 54.5 Å². The number of carbonyl (C=O) groups is 2. The van der Waals surface area contributed by atoms with Gasteiger partial charge in [-0.2, -0.15) is 0 Å². The molecule has 18 atom stereocenters. The Morgan fingerprint density at radius 2 is 1.44 bits per heavy atom. The zero-order chi connectivity index (χ0) is 40.4. The summed E-state index contributed by atoms with van der Waals surface area (Å²) >= 11 is 0. The van der Waals surface area contributed by atoms with Crippen molar-refractivity contribution in [3.05, 3.63) is 11.6 Å². The molecule has 0 amide bonds. The van der Waals surface area contributed by atoms with Gasteiger partial charge in [0.15, 0.2) is 12.4 Å². The maximum Gasteiger partial charge on any atom is 0.335 e. The highest BCUT2D eigenvalue weighted by Crippen LogP contribution is 2.76. The van der Waals surface area contributed by atoms with Gasteiger partial charge in [-0.25, -0.2) is 4.79 Å². The summed E-state index contributed by atoms with van der Waals surface area (Å²) in [6.07, 6.45) is -7.51. The second kappa shape index (κ2) is 13.7. The minimum atomic E-state index is -1.80. The number of aliphatic hydroxyl groups excluding tert-OH is 7. The van der Waals surface area contributed by atoms with Crippen LogP contribution in [0.4, 0.5) is 0 Å². The number of carbonyl (C=O) groups excluding carboxylic acids is 1. The van der Waals surface area contributed by atoms with Gasteiger partial charge in [0.2, 0.25) is 6.29 Å². The van der Waals surface area contributed by atoms with Gasteiger partial charge >= 0.3 is 11.9 Å². The van der Waals surface area contributed by atoms with Crippen LogP contribution < -0.4 is 0 Å². The Morgan fingerprint density at radius 1 is 0.764 bits per heavy atom. The summed E-state index contributed by atoms with van der Waals surface area (Å²) in [5.74, 6) is -2.07. The molecule has 0 aromatic rings. The van der Waals surface area contributed by atoms with E-state index < -0.39 is 95.7 Å². The molecule has 0 aromatic carbocycles. The predicted molar refractivity (Wildman–Crippen MR) is 193 cm³/mol. The second-order valence-corrected chi connectivity index (χ2v) is 20.4. The Labute approximate surface area is 323 Å². The highest BCUT2D eigenvalue weighted by molar-refractivity contribution is 5.80. The van der Waals surface area contributed by atoms with Crippen LogP contribution in [0.15, 0.2) is 11.6 Å². The average molecular weight is 781 g/mol. The number of fused-ring (bicyclic) bond motifs is 7. The van der Waals surface area contributed by atoms with Gasteiger partial charge in [-0.3, -0.25) is 4.79 Å². The molecule has 0 radical (unpaired) electrons. The zero-order valence-corrected chi connectivity index (χ0v) is 33.3. The zero-order valence-electron chi connectivity index (χ0n) is 33.3. The Bertz CT molecular complexity index is 1550. The number of carboxylic acids is 1. The lowest BCUT2D eigenvalue weighted by molar-refractivity contribution is -0.324. The standard InChI is InChI=1S/C41H64O14/c1-36(2)14-15-41(35(51)55-33-29(47)26(44)21(42)18-52-33)20(16-36)19-8-9-23-38(5)12-11-25(53-34-30(48)27(45)28(46)31(54-34)32(49)50)37(3,4)22(38)10-13-39(23,6)40(19,7)17-24(41)43/h8,20-31,33-34,42-48H,9-18H2,1-7H3,(H,49,50)/t20-,21+,22+,23-,24+,25+,26+,27+,28+,29-,30-,31+,33+,34-,38+,39-,40+,41-/m1/s1. The molecule has 2 aliphatic heterocycles. The maximum atomic E-state index is 14.5. The third-order valence-corrected chi connectivity index (χ3v) is 16.8. The SMILES string of the molecule is CC1(C)CC[C@@]2(C(=O)O[C@@H]3OC[C@H](O)[C@H](O)[C@H]3O)[C@H](C1)C1=CC[C@@H]3[C@@]4(C)CC[C@H](O[C@@H]5O[C@H](C(=O)O)[C@@H](O)[C@H](O)[C@H]5O)C(C)(C)[C@@H]4CC[C@@]3(C)[C@@]1(C)C[C@@H]2O. The maximum absolute atomic E-state index is 14.5. The molecular weight excluding hydrogens is 716 g/mol.